The first-order chi connectivity index (χ1) is 21.7. The second-order valence-corrected chi connectivity index (χ2v) is 10.9. The lowest BCUT2D eigenvalue weighted by Crippen LogP contribution is -1.89. The van der Waals surface area contributed by atoms with Crippen LogP contribution in [-0.2, 0) is 0 Å². The third kappa shape index (κ3) is 4.31. The van der Waals surface area contributed by atoms with Crippen LogP contribution in [0.2, 0.25) is 0 Å². The molecule has 0 radical (unpaired) electrons. The molecule has 0 atom stereocenters. The van der Waals surface area contributed by atoms with E-state index in [0.29, 0.717) is 11.3 Å². The Balaban J connectivity index is 1.21. The molecule has 6 aromatic carbocycles. The van der Waals surface area contributed by atoms with Gasteiger partial charge in [-0.2, -0.15) is 5.26 Å². The summed E-state index contributed by atoms with van der Waals surface area (Å²) in [5, 5.41) is 16.7. The maximum Gasteiger partial charge on any atom is 0.190 e. The van der Waals surface area contributed by atoms with Crippen LogP contribution in [0.5, 0.6) is 0 Å². The molecule has 0 aliphatic heterocycles. The summed E-state index contributed by atoms with van der Waals surface area (Å²) < 4.78 is 0. The molecule has 8 aromatic rings. The number of nitriles is 1. The van der Waals surface area contributed by atoms with Crippen molar-refractivity contribution in [2.45, 2.75) is 0 Å². The van der Waals surface area contributed by atoms with E-state index in [9.17, 15) is 5.26 Å². The highest BCUT2D eigenvalue weighted by Gasteiger charge is 2.13. The normalized spacial score (nSPS) is 11.1. The van der Waals surface area contributed by atoms with Gasteiger partial charge in [-0.3, -0.25) is 9.97 Å². The predicted molar refractivity (Wildman–Crippen MR) is 178 cm³/mol. The summed E-state index contributed by atoms with van der Waals surface area (Å²) in [6.45, 7) is 7.35. The maximum atomic E-state index is 9.33. The molecule has 0 aliphatic carbocycles. The van der Waals surface area contributed by atoms with Crippen molar-refractivity contribution in [2.75, 3.05) is 0 Å². The van der Waals surface area contributed by atoms with E-state index in [2.05, 4.69) is 93.7 Å². The van der Waals surface area contributed by atoms with Crippen molar-refractivity contribution in [1.82, 2.24) is 9.97 Å². The molecule has 0 bridgehead atoms. The number of benzene rings is 6. The Labute approximate surface area is 254 Å². The van der Waals surface area contributed by atoms with E-state index in [4.69, 9.17) is 6.57 Å². The first-order valence-electron chi connectivity index (χ1n) is 14.3. The number of hydrogen-bond donors (Lipinski definition) is 0. The van der Waals surface area contributed by atoms with Crippen molar-refractivity contribution in [3.8, 4) is 50.8 Å². The average Bonchev–Trinajstić information content (AvgIpc) is 3.10. The summed E-state index contributed by atoms with van der Waals surface area (Å²) >= 11 is 0. The molecular weight excluding hydrogens is 536 g/mol. The molecule has 0 saturated carbocycles. The minimum absolute atomic E-state index is 0.585. The molecule has 0 amide bonds. The molecule has 0 fully saturated rings. The van der Waals surface area contributed by atoms with Gasteiger partial charge in [0.25, 0.3) is 0 Å². The summed E-state index contributed by atoms with van der Waals surface area (Å²) in [6, 6.07) is 44.0. The Bertz CT molecular complexity index is 2240. The minimum atomic E-state index is 0.585. The SMILES string of the molecule is [C-]#[N+]c1ccnc(-c2cccc(-c3cc4ccc5cc(-c6cccc(-c7cc(C#N)ccn7)c6)cc6ccc(c3)c4c56)c2)c1. The van der Waals surface area contributed by atoms with Gasteiger partial charge in [-0.25, -0.2) is 4.85 Å². The monoisotopic (exact) mass is 558 g/mol. The number of rotatable bonds is 4. The quantitative estimate of drug-likeness (QED) is 0.159. The van der Waals surface area contributed by atoms with E-state index in [-0.39, 0.29) is 0 Å². The largest absolute Gasteiger partial charge is 0.259 e. The highest BCUT2D eigenvalue weighted by Crippen LogP contribution is 2.40. The molecular formula is C40H22N4. The van der Waals surface area contributed by atoms with Crippen LogP contribution in [0.25, 0.3) is 81.9 Å². The third-order valence-corrected chi connectivity index (χ3v) is 8.28. The predicted octanol–water partition coefficient (Wildman–Crippen LogP) is 10.5. The fourth-order valence-electron chi connectivity index (χ4n) is 6.19. The van der Waals surface area contributed by atoms with Crippen molar-refractivity contribution in [1.29, 1.82) is 5.26 Å². The van der Waals surface area contributed by atoms with Gasteiger partial charge in [0, 0.05) is 18.0 Å². The standard InChI is InChI=1S/C40H22N4/c1-42-36-13-15-44-38(23-36)29-7-3-5-27(18-29)35-21-32-10-8-30-19-34(20-31-9-11-33(22-35)40(32)39(30)31)26-4-2-6-28(17-26)37-16-25(24-41)12-14-43-37/h2-23H. The highest BCUT2D eigenvalue weighted by atomic mass is 14.7. The number of aromatic nitrogens is 2. The first kappa shape index (κ1) is 25.4. The van der Waals surface area contributed by atoms with Gasteiger partial charge in [0.15, 0.2) is 5.69 Å². The maximum absolute atomic E-state index is 9.33. The average molecular weight is 559 g/mol. The lowest BCUT2D eigenvalue weighted by molar-refractivity contribution is 1.31. The highest BCUT2D eigenvalue weighted by molar-refractivity contribution is 6.24. The Hall–Kier alpha value is -6.36. The molecule has 2 aromatic heterocycles. The van der Waals surface area contributed by atoms with Crippen LogP contribution >= 0.6 is 0 Å². The zero-order chi connectivity index (χ0) is 29.6. The van der Waals surface area contributed by atoms with Crippen molar-refractivity contribution in [3.63, 3.8) is 0 Å². The topological polar surface area (TPSA) is 53.9 Å². The van der Waals surface area contributed by atoms with Crippen molar-refractivity contribution in [2.24, 2.45) is 0 Å². The van der Waals surface area contributed by atoms with Crippen molar-refractivity contribution < 1.29 is 0 Å². The number of nitrogens with zero attached hydrogens (tertiary/aromatic N) is 4. The molecule has 44 heavy (non-hydrogen) atoms. The van der Waals surface area contributed by atoms with E-state index < -0.39 is 0 Å². The molecule has 4 nitrogen and oxygen atoms in total. The summed E-state index contributed by atoms with van der Waals surface area (Å²) in [5.74, 6) is 0. The van der Waals surface area contributed by atoms with E-state index in [0.717, 1.165) is 44.8 Å². The van der Waals surface area contributed by atoms with Crippen LogP contribution in [0.15, 0.2) is 134 Å². The Morgan fingerprint density at radius 1 is 0.500 bits per heavy atom. The second kappa shape index (κ2) is 10.2. The molecule has 202 valence electrons. The van der Waals surface area contributed by atoms with E-state index >= 15 is 0 Å². The van der Waals surface area contributed by atoms with Crippen molar-refractivity contribution >= 4 is 38.0 Å². The molecule has 8 rings (SSSR count). The van der Waals surface area contributed by atoms with Crippen molar-refractivity contribution in [3.05, 3.63) is 151 Å². The Morgan fingerprint density at radius 2 is 0.977 bits per heavy atom. The summed E-state index contributed by atoms with van der Waals surface area (Å²) in [7, 11) is 0. The van der Waals surface area contributed by atoms with Gasteiger partial charge >= 0.3 is 0 Å². The summed E-state index contributed by atoms with van der Waals surface area (Å²) in [5.41, 5.74) is 9.25. The van der Waals surface area contributed by atoms with E-state index in [1.165, 1.54) is 32.3 Å². The number of hydrogen-bond acceptors (Lipinski definition) is 3. The zero-order valence-electron chi connectivity index (χ0n) is 23.5. The molecule has 0 spiro atoms. The molecule has 4 heteroatoms. The smallest absolute Gasteiger partial charge is 0.190 e. The fraction of sp³-hybridized carbons (Fsp3) is 0. The fourth-order valence-corrected chi connectivity index (χ4v) is 6.19. The summed E-state index contributed by atoms with van der Waals surface area (Å²) in [6.07, 6.45) is 3.38. The van der Waals surface area contributed by atoms with Crippen LogP contribution < -0.4 is 0 Å². The van der Waals surface area contributed by atoms with Gasteiger partial charge in [-0.1, -0.05) is 60.7 Å². The Morgan fingerprint density at radius 3 is 1.48 bits per heavy atom. The van der Waals surface area contributed by atoms with Crippen LogP contribution in [0.4, 0.5) is 5.69 Å². The second-order valence-electron chi connectivity index (χ2n) is 10.9. The molecule has 0 N–H and O–H groups in total. The number of pyridine rings is 2. The molecule has 0 aliphatic rings. The molecule has 0 unspecified atom stereocenters. The van der Waals surface area contributed by atoms with Gasteiger partial charge in [0.1, 0.15) is 0 Å². The van der Waals surface area contributed by atoms with Gasteiger partial charge in [0.05, 0.1) is 29.6 Å². The van der Waals surface area contributed by atoms with E-state index in [1.54, 1.807) is 24.5 Å². The lowest BCUT2D eigenvalue weighted by Gasteiger charge is -2.15. The van der Waals surface area contributed by atoms with Gasteiger partial charge in [0.2, 0.25) is 0 Å². The molecule has 2 heterocycles. The van der Waals surface area contributed by atoms with Crippen LogP contribution in [-0.4, -0.2) is 9.97 Å². The Kier molecular flexibility index (Phi) is 5.86. The third-order valence-electron chi connectivity index (χ3n) is 8.28. The van der Waals surface area contributed by atoms with Gasteiger partial charge in [-0.05, 0) is 121 Å². The van der Waals surface area contributed by atoms with Crippen LogP contribution in [0.1, 0.15) is 5.56 Å². The molecule has 0 saturated heterocycles. The van der Waals surface area contributed by atoms with Gasteiger partial charge in [-0.15, -0.1) is 0 Å². The van der Waals surface area contributed by atoms with E-state index in [1.807, 2.05) is 36.4 Å². The van der Waals surface area contributed by atoms with Crippen LogP contribution in [0.3, 0.4) is 0 Å². The minimum Gasteiger partial charge on any atom is -0.259 e. The lowest BCUT2D eigenvalue weighted by atomic mass is 9.89. The van der Waals surface area contributed by atoms with Gasteiger partial charge < -0.3 is 0 Å². The van der Waals surface area contributed by atoms with Crippen LogP contribution in [0, 0.1) is 17.9 Å². The first-order valence-corrected chi connectivity index (χ1v) is 14.3. The zero-order valence-corrected chi connectivity index (χ0v) is 23.5. The summed E-state index contributed by atoms with van der Waals surface area (Å²) in [4.78, 5) is 12.6.